The Kier molecular flexibility index (Phi) is 4.55. The van der Waals surface area contributed by atoms with Crippen LogP contribution in [0.15, 0.2) is 29.3 Å². The number of hydrogen-bond acceptors (Lipinski definition) is 3. The molecule has 1 atom stereocenters. The minimum atomic E-state index is 0.913. The van der Waals surface area contributed by atoms with E-state index in [2.05, 4.69) is 21.4 Å². The van der Waals surface area contributed by atoms with Crippen LogP contribution in [0, 0.1) is 0 Å². The average Bonchev–Trinajstić information content (AvgIpc) is 2.57. The van der Waals surface area contributed by atoms with Crippen molar-refractivity contribution in [1.29, 1.82) is 0 Å². The molecule has 2 rings (SSSR count). The van der Waals surface area contributed by atoms with Crippen LogP contribution in [0.1, 0.15) is 6.42 Å². The van der Waals surface area contributed by atoms with Crippen LogP contribution in [-0.2, 0) is 0 Å². The maximum absolute atomic E-state index is 4.27. The Bertz CT molecular complexity index is 299. The second-order valence-corrected chi connectivity index (χ2v) is 5.43. The van der Waals surface area contributed by atoms with E-state index in [1.165, 1.54) is 24.9 Å². The van der Waals surface area contributed by atoms with Gasteiger partial charge in [0, 0.05) is 51.3 Å². The SMILES string of the molecule is C=CCN1CCCN(C2=CN=CCP2)CC1. The molecular formula is C12H20N3P. The predicted octanol–water partition coefficient (Wildman–Crippen LogP) is 1.74. The summed E-state index contributed by atoms with van der Waals surface area (Å²) in [5.74, 6) is 0. The highest BCUT2D eigenvalue weighted by atomic mass is 31.1. The topological polar surface area (TPSA) is 18.8 Å². The maximum Gasteiger partial charge on any atom is 0.0527 e. The summed E-state index contributed by atoms with van der Waals surface area (Å²) >= 11 is 0. The number of rotatable bonds is 3. The van der Waals surface area contributed by atoms with Crippen LogP contribution in [0.5, 0.6) is 0 Å². The van der Waals surface area contributed by atoms with Crippen LogP contribution in [0.2, 0.25) is 0 Å². The Morgan fingerprint density at radius 3 is 3.06 bits per heavy atom. The molecule has 0 aromatic carbocycles. The first kappa shape index (κ1) is 11.8. The first-order valence-corrected chi connectivity index (χ1v) is 7.15. The zero-order chi connectivity index (χ0) is 11.2. The van der Waals surface area contributed by atoms with Crippen LogP contribution in [0.4, 0.5) is 0 Å². The van der Waals surface area contributed by atoms with E-state index in [1.54, 1.807) is 0 Å². The molecule has 0 amide bonds. The third kappa shape index (κ3) is 3.16. The minimum Gasteiger partial charge on any atom is -0.369 e. The fraction of sp³-hybridized carbons (Fsp3) is 0.583. The molecule has 1 saturated heterocycles. The summed E-state index contributed by atoms with van der Waals surface area (Å²) in [7, 11) is 0.913. The summed E-state index contributed by atoms with van der Waals surface area (Å²) in [6.45, 7) is 9.50. The van der Waals surface area contributed by atoms with Gasteiger partial charge in [0.1, 0.15) is 0 Å². The van der Waals surface area contributed by atoms with Gasteiger partial charge in [-0.05, 0) is 6.42 Å². The van der Waals surface area contributed by atoms with E-state index in [-0.39, 0.29) is 0 Å². The van der Waals surface area contributed by atoms with E-state index in [0.29, 0.717) is 0 Å². The summed E-state index contributed by atoms with van der Waals surface area (Å²) in [6.07, 6.45) is 8.44. The number of hydrogen-bond donors (Lipinski definition) is 0. The fourth-order valence-corrected chi connectivity index (χ4v) is 3.16. The molecule has 88 valence electrons. The van der Waals surface area contributed by atoms with Gasteiger partial charge in [-0.3, -0.25) is 9.89 Å². The van der Waals surface area contributed by atoms with E-state index in [9.17, 15) is 0 Å². The largest absolute Gasteiger partial charge is 0.369 e. The van der Waals surface area contributed by atoms with Crippen molar-refractivity contribution in [2.75, 3.05) is 38.9 Å². The molecule has 2 aliphatic rings. The van der Waals surface area contributed by atoms with E-state index < -0.39 is 0 Å². The van der Waals surface area contributed by atoms with Gasteiger partial charge in [-0.1, -0.05) is 14.7 Å². The molecular weight excluding hydrogens is 217 g/mol. The molecule has 0 aromatic heterocycles. The second kappa shape index (κ2) is 6.17. The van der Waals surface area contributed by atoms with Gasteiger partial charge in [0.2, 0.25) is 0 Å². The summed E-state index contributed by atoms with van der Waals surface area (Å²) < 4.78 is 0. The van der Waals surface area contributed by atoms with Crippen molar-refractivity contribution in [3.8, 4) is 0 Å². The Hall–Kier alpha value is -0.660. The molecule has 0 N–H and O–H groups in total. The van der Waals surface area contributed by atoms with Crippen LogP contribution in [-0.4, -0.2) is 54.9 Å². The summed E-state index contributed by atoms with van der Waals surface area (Å²) in [6, 6.07) is 0. The van der Waals surface area contributed by atoms with Gasteiger partial charge in [0.25, 0.3) is 0 Å². The lowest BCUT2D eigenvalue weighted by Gasteiger charge is -2.26. The summed E-state index contributed by atoms with van der Waals surface area (Å²) in [4.78, 5) is 9.26. The Morgan fingerprint density at radius 1 is 1.38 bits per heavy atom. The molecule has 3 nitrogen and oxygen atoms in total. The predicted molar refractivity (Wildman–Crippen MR) is 72.6 cm³/mol. The van der Waals surface area contributed by atoms with Crippen molar-refractivity contribution in [1.82, 2.24) is 9.80 Å². The first-order chi connectivity index (χ1) is 7.90. The van der Waals surface area contributed by atoms with Gasteiger partial charge in [-0.15, -0.1) is 6.58 Å². The molecule has 0 radical (unpaired) electrons. The van der Waals surface area contributed by atoms with Gasteiger partial charge in [-0.25, -0.2) is 0 Å². The van der Waals surface area contributed by atoms with Crippen molar-refractivity contribution in [2.24, 2.45) is 4.99 Å². The second-order valence-electron chi connectivity index (χ2n) is 4.16. The van der Waals surface area contributed by atoms with E-state index >= 15 is 0 Å². The molecule has 0 bridgehead atoms. The zero-order valence-electron chi connectivity index (χ0n) is 9.73. The third-order valence-corrected chi connectivity index (χ3v) is 4.19. The average molecular weight is 237 g/mol. The van der Waals surface area contributed by atoms with Gasteiger partial charge in [0.05, 0.1) is 5.44 Å². The van der Waals surface area contributed by atoms with Gasteiger partial charge in [-0.2, -0.15) is 0 Å². The van der Waals surface area contributed by atoms with Crippen molar-refractivity contribution in [3.63, 3.8) is 0 Å². The molecule has 0 aliphatic carbocycles. The molecule has 0 saturated carbocycles. The van der Waals surface area contributed by atoms with Gasteiger partial charge < -0.3 is 4.90 Å². The summed E-state index contributed by atoms with van der Waals surface area (Å²) in [5.41, 5.74) is 1.45. The molecule has 2 heterocycles. The van der Waals surface area contributed by atoms with Gasteiger partial charge >= 0.3 is 0 Å². The monoisotopic (exact) mass is 237 g/mol. The highest BCUT2D eigenvalue weighted by molar-refractivity contribution is 7.44. The Balaban J connectivity index is 1.90. The van der Waals surface area contributed by atoms with Crippen molar-refractivity contribution in [2.45, 2.75) is 6.42 Å². The van der Waals surface area contributed by atoms with Crippen LogP contribution in [0.25, 0.3) is 0 Å². The first-order valence-electron chi connectivity index (χ1n) is 5.94. The lowest BCUT2D eigenvalue weighted by molar-refractivity contribution is 0.308. The number of nitrogens with zero attached hydrogens (tertiary/aromatic N) is 3. The standard InChI is InChI=1S/C12H20N3P/c1-2-5-14-6-3-7-15(9-8-14)12-11-13-4-10-16-12/h2,4,11,16H,1,3,5-10H2. The Labute approximate surface area is 99.7 Å². The van der Waals surface area contributed by atoms with Crippen molar-refractivity contribution >= 4 is 14.8 Å². The summed E-state index contributed by atoms with van der Waals surface area (Å²) in [5, 5.41) is 0. The third-order valence-electron chi connectivity index (χ3n) is 2.99. The lowest BCUT2D eigenvalue weighted by atomic mass is 10.4. The van der Waals surface area contributed by atoms with Gasteiger partial charge in [0.15, 0.2) is 0 Å². The zero-order valence-corrected chi connectivity index (χ0v) is 10.7. The smallest absolute Gasteiger partial charge is 0.0527 e. The van der Waals surface area contributed by atoms with E-state index in [4.69, 9.17) is 0 Å². The van der Waals surface area contributed by atoms with Crippen LogP contribution < -0.4 is 0 Å². The Morgan fingerprint density at radius 2 is 2.31 bits per heavy atom. The van der Waals surface area contributed by atoms with Crippen molar-refractivity contribution in [3.05, 3.63) is 24.3 Å². The minimum absolute atomic E-state index is 0.913. The molecule has 2 aliphatic heterocycles. The van der Waals surface area contributed by atoms with Crippen LogP contribution >= 0.6 is 8.58 Å². The highest BCUT2D eigenvalue weighted by Crippen LogP contribution is 2.29. The molecule has 16 heavy (non-hydrogen) atoms. The lowest BCUT2D eigenvalue weighted by Crippen LogP contribution is -2.30. The quantitative estimate of drug-likeness (QED) is 0.550. The van der Waals surface area contributed by atoms with E-state index in [0.717, 1.165) is 34.4 Å². The molecule has 1 unspecified atom stereocenters. The van der Waals surface area contributed by atoms with Crippen molar-refractivity contribution < 1.29 is 0 Å². The number of aliphatic imine (C=N–C) groups is 1. The van der Waals surface area contributed by atoms with E-state index in [1.807, 2.05) is 18.5 Å². The highest BCUT2D eigenvalue weighted by Gasteiger charge is 2.16. The molecule has 0 spiro atoms. The van der Waals surface area contributed by atoms with Crippen LogP contribution in [0.3, 0.4) is 0 Å². The molecule has 1 fully saturated rings. The fourth-order valence-electron chi connectivity index (χ4n) is 2.14. The molecule has 4 heteroatoms. The maximum atomic E-state index is 4.27. The molecule has 0 aromatic rings. The normalized spacial score (nSPS) is 24.2.